The third kappa shape index (κ3) is 3.84. The largest absolute Gasteiger partial charge is 0.459 e. The van der Waals surface area contributed by atoms with Crippen LogP contribution in [0.2, 0.25) is 0 Å². The van der Waals surface area contributed by atoms with Crippen molar-refractivity contribution in [2.45, 2.75) is 46.6 Å². The van der Waals surface area contributed by atoms with Crippen molar-refractivity contribution in [3.05, 3.63) is 17.0 Å². The first-order valence-corrected chi connectivity index (χ1v) is 6.18. The van der Waals surface area contributed by atoms with E-state index in [9.17, 15) is 4.79 Å². The summed E-state index contributed by atoms with van der Waals surface area (Å²) < 4.78 is 15.6. The Morgan fingerprint density at radius 2 is 1.94 bits per heavy atom. The van der Waals surface area contributed by atoms with Crippen LogP contribution in [0.5, 0.6) is 0 Å². The molecule has 0 bridgehead atoms. The van der Waals surface area contributed by atoms with Crippen molar-refractivity contribution in [2.75, 3.05) is 13.2 Å². The van der Waals surface area contributed by atoms with Crippen LogP contribution >= 0.6 is 0 Å². The molecule has 0 amide bonds. The Bertz CT molecular complexity index is 396. The minimum absolute atomic E-state index is 0.0978. The van der Waals surface area contributed by atoms with E-state index in [1.165, 1.54) is 0 Å². The molecular weight excluding hydrogens is 234 g/mol. The highest BCUT2D eigenvalue weighted by atomic mass is 16.6. The molecule has 0 aromatic carbocycles. The van der Waals surface area contributed by atoms with Gasteiger partial charge in [-0.2, -0.15) is 0 Å². The summed E-state index contributed by atoms with van der Waals surface area (Å²) in [6, 6.07) is 0. The first-order chi connectivity index (χ1) is 8.43. The van der Waals surface area contributed by atoms with Gasteiger partial charge in [-0.3, -0.25) is 0 Å². The predicted molar refractivity (Wildman–Crippen MR) is 66.7 cm³/mol. The van der Waals surface area contributed by atoms with Crippen LogP contribution in [-0.2, 0) is 9.47 Å². The Balaban J connectivity index is 2.58. The maximum atomic E-state index is 11.9. The number of carbonyl (C=O) groups is 1. The van der Waals surface area contributed by atoms with E-state index in [1.807, 2.05) is 27.7 Å². The molecule has 0 N–H and O–H groups in total. The summed E-state index contributed by atoms with van der Waals surface area (Å²) in [4.78, 5) is 11.9. The molecule has 5 heteroatoms. The molecule has 0 aliphatic rings. The smallest absolute Gasteiger partial charge is 0.343 e. The van der Waals surface area contributed by atoms with Gasteiger partial charge in [-0.1, -0.05) is 19.0 Å². The zero-order valence-electron chi connectivity index (χ0n) is 11.6. The minimum Gasteiger partial charge on any atom is -0.459 e. The molecule has 0 radical (unpaired) electrons. The van der Waals surface area contributed by atoms with Gasteiger partial charge in [0.1, 0.15) is 12.2 Å². The average molecular weight is 255 g/mol. The van der Waals surface area contributed by atoms with Gasteiger partial charge < -0.3 is 14.0 Å². The first-order valence-electron chi connectivity index (χ1n) is 6.18. The SMILES string of the molecule is Cc1noc(C(C)C)c1C(=O)OCCOC(C)C. The molecule has 1 rings (SSSR count). The van der Waals surface area contributed by atoms with Gasteiger partial charge in [0.15, 0.2) is 5.76 Å². The van der Waals surface area contributed by atoms with Gasteiger partial charge in [0.2, 0.25) is 0 Å². The standard InChI is InChI=1S/C13H21NO4/c1-8(2)12-11(10(5)14-18-12)13(15)17-7-6-16-9(3)4/h8-9H,6-7H2,1-5H3. The molecule has 1 aromatic rings. The summed E-state index contributed by atoms with van der Waals surface area (Å²) in [7, 11) is 0. The number of aryl methyl sites for hydroxylation is 1. The van der Waals surface area contributed by atoms with E-state index < -0.39 is 5.97 Å². The summed E-state index contributed by atoms with van der Waals surface area (Å²) in [5.74, 6) is 0.271. The Kier molecular flexibility index (Phi) is 5.34. The molecule has 0 saturated carbocycles. The highest BCUT2D eigenvalue weighted by Gasteiger charge is 2.23. The summed E-state index contributed by atoms with van der Waals surface area (Å²) >= 11 is 0. The third-order valence-corrected chi connectivity index (χ3v) is 2.39. The molecule has 0 aliphatic carbocycles. The molecular formula is C13H21NO4. The second-order valence-electron chi connectivity index (χ2n) is 4.72. The maximum absolute atomic E-state index is 11.9. The van der Waals surface area contributed by atoms with Crippen molar-refractivity contribution in [2.24, 2.45) is 0 Å². The maximum Gasteiger partial charge on any atom is 0.343 e. The van der Waals surface area contributed by atoms with Crippen LogP contribution in [0.1, 0.15) is 55.4 Å². The molecule has 102 valence electrons. The van der Waals surface area contributed by atoms with Gasteiger partial charge in [0.25, 0.3) is 0 Å². The molecule has 1 heterocycles. The molecule has 18 heavy (non-hydrogen) atoms. The van der Waals surface area contributed by atoms with Crippen molar-refractivity contribution in [3.63, 3.8) is 0 Å². The van der Waals surface area contributed by atoms with E-state index in [0.29, 0.717) is 23.6 Å². The lowest BCUT2D eigenvalue weighted by Gasteiger charge is -2.09. The quantitative estimate of drug-likeness (QED) is 0.577. The number of carbonyl (C=O) groups excluding carboxylic acids is 1. The highest BCUT2D eigenvalue weighted by Crippen LogP contribution is 2.22. The van der Waals surface area contributed by atoms with Crippen molar-refractivity contribution in [1.82, 2.24) is 5.16 Å². The summed E-state index contributed by atoms with van der Waals surface area (Å²) in [6.45, 7) is 10.1. The fraction of sp³-hybridized carbons (Fsp3) is 0.692. The van der Waals surface area contributed by atoms with Crippen molar-refractivity contribution < 1.29 is 18.8 Å². The average Bonchev–Trinajstić information content (AvgIpc) is 2.66. The van der Waals surface area contributed by atoms with Gasteiger partial charge in [-0.25, -0.2) is 4.79 Å². The Hall–Kier alpha value is -1.36. The normalized spacial score (nSPS) is 11.3. The zero-order valence-corrected chi connectivity index (χ0v) is 11.6. The van der Waals surface area contributed by atoms with E-state index in [-0.39, 0.29) is 18.6 Å². The van der Waals surface area contributed by atoms with Crippen molar-refractivity contribution in [3.8, 4) is 0 Å². The zero-order chi connectivity index (χ0) is 13.7. The third-order valence-electron chi connectivity index (χ3n) is 2.39. The Labute approximate surface area is 107 Å². The Morgan fingerprint density at radius 3 is 2.50 bits per heavy atom. The van der Waals surface area contributed by atoms with Crippen molar-refractivity contribution in [1.29, 1.82) is 0 Å². The molecule has 0 saturated heterocycles. The van der Waals surface area contributed by atoms with E-state index in [1.54, 1.807) is 6.92 Å². The molecule has 0 aliphatic heterocycles. The summed E-state index contributed by atoms with van der Waals surface area (Å²) in [6.07, 6.45) is 0.132. The molecule has 0 spiro atoms. The Morgan fingerprint density at radius 1 is 1.28 bits per heavy atom. The second-order valence-corrected chi connectivity index (χ2v) is 4.72. The molecule has 0 atom stereocenters. The van der Waals surface area contributed by atoms with E-state index in [0.717, 1.165) is 0 Å². The summed E-state index contributed by atoms with van der Waals surface area (Å²) in [5, 5.41) is 3.81. The second kappa shape index (κ2) is 6.54. The lowest BCUT2D eigenvalue weighted by Crippen LogP contribution is -2.15. The molecule has 0 unspecified atom stereocenters. The number of ether oxygens (including phenoxy) is 2. The fourth-order valence-electron chi connectivity index (χ4n) is 1.52. The van der Waals surface area contributed by atoms with Crippen LogP contribution in [0, 0.1) is 6.92 Å². The van der Waals surface area contributed by atoms with Gasteiger partial charge >= 0.3 is 5.97 Å². The lowest BCUT2D eigenvalue weighted by atomic mass is 10.1. The monoisotopic (exact) mass is 255 g/mol. The number of rotatable bonds is 6. The minimum atomic E-state index is -0.398. The molecule has 1 aromatic heterocycles. The van der Waals surface area contributed by atoms with Crippen LogP contribution in [0.25, 0.3) is 0 Å². The first kappa shape index (κ1) is 14.7. The summed E-state index contributed by atoms with van der Waals surface area (Å²) in [5.41, 5.74) is 1.00. The van der Waals surface area contributed by atoms with E-state index in [4.69, 9.17) is 14.0 Å². The van der Waals surface area contributed by atoms with Gasteiger partial charge in [0, 0.05) is 5.92 Å². The predicted octanol–water partition coefficient (Wildman–Crippen LogP) is 2.69. The number of hydrogen-bond donors (Lipinski definition) is 0. The van der Waals surface area contributed by atoms with Gasteiger partial charge in [0.05, 0.1) is 18.4 Å². The van der Waals surface area contributed by atoms with Crippen LogP contribution in [0.3, 0.4) is 0 Å². The molecule has 0 fully saturated rings. The van der Waals surface area contributed by atoms with Crippen LogP contribution in [0.4, 0.5) is 0 Å². The fourth-order valence-corrected chi connectivity index (χ4v) is 1.52. The number of nitrogens with zero attached hydrogens (tertiary/aromatic N) is 1. The van der Waals surface area contributed by atoms with Crippen molar-refractivity contribution >= 4 is 5.97 Å². The van der Waals surface area contributed by atoms with E-state index >= 15 is 0 Å². The highest BCUT2D eigenvalue weighted by molar-refractivity contribution is 5.91. The number of hydrogen-bond acceptors (Lipinski definition) is 5. The molecule has 5 nitrogen and oxygen atoms in total. The van der Waals surface area contributed by atoms with Gasteiger partial charge in [-0.05, 0) is 20.8 Å². The van der Waals surface area contributed by atoms with Crippen LogP contribution < -0.4 is 0 Å². The lowest BCUT2D eigenvalue weighted by molar-refractivity contribution is 0.0174. The topological polar surface area (TPSA) is 61.6 Å². The number of aromatic nitrogens is 1. The van der Waals surface area contributed by atoms with Crippen LogP contribution in [0.15, 0.2) is 4.52 Å². The van der Waals surface area contributed by atoms with E-state index in [2.05, 4.69) is 5.16 Å². The van der Waals surface area contributed by atoms with Gasteiger partial charge in [-0.15, -0.1) is 0 Å². The van der Waals surface area contributed by atoms with Crippen LogP contribution in [-0.4, -0.2) is 30.4 Å². The number of esters is 1.